The van der Waals surface area contributed by atoms with E-state index in [4.69, 9.17) is 9.47 Å². The fraction of sp³-hybridized carbons (Fsp3) is 0.400. The van der Waals surface area contributed by atoms with Crippen LogP contribution in [-0.4, -0.2) is 55.8 Å². The molecule has 4 rings (SSSR count). The van der Waals surface area contributed by atoms with E-state index in [2.05, 4.69) is 25.4 Å². The second kappa shape index (κ2) is 7.21. The van der Waals surface area contributed by atoms with Crippen LogP contribution in [0.15, 0.2) is 29.4 Å². The molecule has 0 unspecified atom stereocenters. The molecule has 3 aromatic heterocycles. The van der Waals surface area contributed by atoms with Gasteiger partial charge in [-0.3, -0.25) is 4.79 Å². The van der Waals surface area contributed by atoms with Gasteiger partial charge in [-0.15, -0.1) is 16.4 Å². The monoisotopic (exact) mass is 360 g/mol. The van der Waals surface area contributed by atoms with Gasteiger partial charge in [0.25, 0.3) is 11.7 Å². The molecule has 3 aromatic rings. The zero-order valence-electron chi connectivity index (χ0n) is 13.2. The van der Waals surface area contributed by atoms with Crippen molar-refractivity contribution in [3.05, 3.63) is 40.9 Å². The number of rotatable bonds is 5. The smallest absolute Gasteiger partial charge is 0.291 e. The number of thiazole rings is 1. The van der Waals surface area contributed by atoms with Gasteiger partial charge < -0.3 is 14.8 Å². The molecule has 1 saturated heterocycles. The zero-order valence-corrected chi connectivity index (χ0v) is 14.1. The molecule has 4 heterocycles. The third-order valence-electron chi connectivity index (χ3n) is 3.86. The van der Waals surface area contributed by atoms with Gasteiger partial charge in [0.15, 0.2) is 0 Å². The molecule has 1 N–H and O–H groups in total. The number of aromatic nitrogens is 5. The fourth-order valence-corrected chi connectivity index (χ4v) is 3.16. The van der Waals surface area contributed by atoms with E-state index in [9.17, 15) is 4.79 Å². The SMILES string of the molecule is O=C(N[C@@H]1COCC[C@@H]1OCc1cscn1)c1nc2ncccn2n1. The van der Waals surface area contributed by atoms with Gasteiger partial charge in [-0.2, -0.15) is 4.98 Å². The standard InChI is InChI=1S/C15H16N6O3S/c22-14(13-19-15-16-3-1-4-21(15)20-13)18-11-7-23-5-2-12(11)24-6-10-8-25-9-17-10/h1,3-4,8-9,11-12H,2,5-7H2,(H,18,22)/t11-,12+/m1/s1. The van der Waals surface area contributed by atoms with E-state index in [-0.39, 0.29) is 23.9 Å². The normalized spacial score (nSPS) is 20.6. The van der Waals surface area contributed by atoms with Crippen LogP contribution in [-0.2, 0) is 16.1 Å². The Hall–Kier alpha value is -2.43. The number of nitrogens with zero attached hydrogens (tertiary/aromatic N) is 5. The van der Waals surface area contributed by atoms with Crippen LogP contribution in [0.1, 0.15) is 22.7 Å². The number of hydrogen-bond acceptors (Lipinski definition) is 8. The summed E-state index contributed by atoms with van der Waals surface area (Å²) in [7, 11) is 0. The predicted octanol–water partition coefficient (Wildman–Crippen LogP) is 0.685. The topological polar surface area (TPSA) is 104 Å². The third kappa shape index (κ3) is 3.65. The minimum atomic E-state index is -0.372. The highest BCUT2D eigenvalue weighted by molar-refractivity contribution is 7.07. The van der Waals surface area contributed by atoms with E-state index in [0.29, 0.717) is 32.0 Å². The van der Waals surface area contributed by atoms with Crippen molar-refractivity contribution in [2.75, 3.05) is 13.2 Å². The average molecular weight is 360 g/mol. The van der Waals surface area contributed by atoms with E-state index in [0.717, 1.165) is 5.69 Å². The molecular formula is C15H16N6O3S. The van der Waals surface area contributed by atoms with Crippen molar-refractivity contribution in [3.63, 3.8) is 0 Å². The molecule has 10 heteroatoms. The minimum Gasteiger partial charge on any atom is -0.379 e. The van der Waals surface area contributed by atoms with Crippen LogP contribution in [0.2, 0.25) is 0 Å². The summed E-state index contributed by atoms with van der Waals surface area (Å²) in [4.78, 5) is 24.9. The predicted molar refractivity (Wildman–Crippen MR) is 88.2 cm³/mol. The highest BCUT2D eigenvalue weighted by atomic mass is 32.1. The Morgan fingerprint density at radius 1 is 1.48 bits per heavy atom. The lowest BCUT2D eigenvalue weighted by atomic mass is 10.1. The maximum Gasteiger partial charge on any atom is 0.291 e. The maximum absolute atomic E-state index is 12.5. The van der Waals surface area contributed by atoms with Gasteiger partial charge >= 0.3 is 0 Å². The van der Waals surface area contributed by atoms with E-state index in [1.807, 2.05) is 5.38 Å². The highest BCUT2D eigenvalue weighted by Crippen LogP contribution is 2.15. The molecule has 0 aliphatic carbocycles. The Morgan fingerprint density at radius 3 is 3.28 bits per heavy atom. The molecule has 0 radical (unpaired) electrons. The number of ether oxygens (including phenoxy) is 2. The van der Waals surface area contributed by atoms with Crippen molar-refractivity contribution < 1.29 is 14.3 Å². The van der Waals surface area contributed by atoms with Crippen LogP contribution in [0.5, 0.6) is 0 Å². The minimum absolute atomic E-state index is 0.0718. The number of carbonyl (C=O) groups is 1. The first-order valence-corrected chi connectivity index (χ1v) is 8.78. The van der Waals surface area contributed by atoms with Crippen molar-refractivity contribution in [2.24, 2.45) is 0 Å². The number of nitrogens with one attached hydrogen (secondary N) is 1. The summed E-state index contributed by atoms with van der Waals surface area (Å²) >= 11 is 1.53. The molecule has 25 heavy (non-hydrogen) atoms. The Labute approximate surface area is 147 Å². The average Bonchev–Trinajstić information content (AvgIpc) is 3.30. The Morgan fingerprint density at radius 2 is 2.44 bits per heavy atom. The lowest BCUT2D eigenvalue weighted by molar-refractivity contribution is -0.0612. The van der Waals surface area contributed by atoms with Gasteiger partial charge in [0, 0.05) is 24.4 Å². The second-order valence-corrected chi connectivity index (χ2v) is 6.29. The largest absolute Gasteiger partial charge is 0.379 e. The molecule has 1 fully saturated rings. The molecule has 1 aliphatic heterocycles. The van der Waals surface area contributed by atoms with Crippen molar-refractivity contribution in [1.82, 2.24) is 29.9 Å². The first kappa shape index (κ1) is 16.1. The van der Waals surface area contributed by atoms with E-state index in [1.54, 1.807) is 24.0 Å². The van der Waals surface area contributed by atoms with Gasteiger partial charge in [-0.25, -0.2) is 14.5 Å². The first-order chi connectivity index (χ1) is 12.3. The lowest BCUT2D eigenvalue weighted by Gasteiger charge is -2.31. The van der Waals surface area contributed by atoms with E-state index >= 15 is 0 Å². The molecule has 0 saturated carbocycles. The summed E-state index contributed by atoms with van der Waals surface area (Å²) in [6.07, 6.45) is 3.85. The van der Waals surface area contributed by atoms with Crippen LogP contribution < -0.4 is 5.32 Å². The van der Waals surface area contributed by atoms with Crippen molar-refractivity contribution in [3.8, 4) is 0 Å². The van der Waals surface area contributed by atoms with Gasteiger partial charge in [-0.05, 0) is 12.5 Å². The van der Waals surface area contributed by atoms with Crippen LogP contribution in [0.25, 0.3) is 5.78 Å². The van der Waals surface area contributed by atoms with E-state index < -0.39 is 0 Å². The molecular weight excluding hydrogens is 344 g/mol. The van der Waals surface area contributed by atoms with Gasteiger partial charge in [0.2, 0.25) is 5.82 Å². The van der Waals surface area contributed by atoms with Crippen molar-refractivity contribution >= 4 is 23.0 Å². The Bertz CT molecular complexity index is 819. The first-order valence-electron chi connectivity index (χ1n) is 7.84. The maximum atomic E-state index is 12.5. The molecule has 0 bridgehead atoms. The summed E-state index contributed by atoms with van der Waals surface area (Å²) in [5.41, 5.74) is 2.65. The highest BCUT2D eigenvalue weighted by Gasteiger charge is 2.29. The summed E-state index contributed by atoms with van der Waals surface area (Å²) in [6, 6.07) is 1.46. The quantitative estimate of drug-likeness (QED) is 0.714. The molecule has 0 aromatic carbocycles. The fourth-order valence-electron chi connectivity index (χ4n) is 2.62. The second-order valence-electron chi connectivity index (χ2n) is 5.57. The summed E-state index contributed by atoms with van der Waals surface area (Å²) in [5, 5.41) is 8.98. The number of amides is 1. The Kier molecular flexibility index (Phi) is 4.63. The van der Waals surface area contributed by atoms with E-state index in [1.165, 1.54) is 15.9 Å². The van der Waals surface area contributed by atoms with Crippen molar-refractivity contribution in [1.29, 1.82) is 0 Å². The molecule has 1 amide bonds. The van der Waals surface area contributed by atoms with Crippen molar-refractivity contribution in [2.45, 2.75) is 25.2 Å². The zero-order chi connectivity index (χ0) is 17.1. The molecule has 0 spiro atoms. The number of carbonyl (C=O) groups excluding carboxylic acids is 1. The molecule has 9 nitrogen and oxygen atoms in total. The Balaban J connectivity index is 1.42. The van der Waals surface area contributed by atoms with Gasteiger partial charge in [0.05, 0.1) is 36.6 Å². The molecule has 1 aliphatic rings. The summed E-state index contributed by atoms with van der Waals surface area (Å²) in [6.45, 7) is 1.40. The number of fused-ring (bicyclic) bond motifs is 1. The van der Waals surface area contributed by atoms with Crippen LogP contribution in [0.4, 0.5) is 0 Å². The molecule has 130 valence electrons. The third-order valence-corrected chi connectivity index (χ3v) is 4.49. The van der Waals surface area contributed by atoms with Gasteiger partial charge in [0.1, 0.15) is 0 Å². The number of hydrogen-bond donors (Lipinski definition) is 1. The summed E-state index contributed by atoms with van der Waals surface area (Å²) in [5.74, 6) is 0.0784. The van der Waals surface area contributed by atoms with Gasteiger partial charge in [-0.1, -0.05) is 0 Å². The summed E-state index contributed by atoms with van der Waals surface area (Å²) < 4.78 is 12.9. The van der Waals surface area contributed by atoms with Crippen LogP contribution in [0, 0.1) is 0 Å². The van der Waals surface area contributed by atoms with Crippen LogP contribution in [0.3, 0.4) is 0 Å². The lowest BCUT2D eigenvalue weighted by Crippen LogP contribution is -2.50. The molecule has 2 atom stereocenters. The van der Waals surface area contributed by atoms with Crippen LogP contribution >= 0.6 is 11.3 Å².